The second-order valence-corrected chi connectivity index (χ2v) is 9.43. The van der Waals surface area contributed by atoms with Crippen molar-refractivity contribution in [1.82, 2.24) is 25.3 Å². The maximum absolute atomic E-state index is 13.2. The molecule has 0 aliphatic heterocycles. The van der Waals surface area contributed by atoms with Gasteiger partial charge in [0, 0.05) is 23.9 Å². The van der Waals surface area contributed by atoms with Gasteiger partial charge in [0.1, 0.15) is 11.4 Å². The molecule has 0 saturated heterocycles. The van der Waals surface area contributed by atoms with E-state index in [1.807, 2.05) is 74.2 Å². The number of nitrogens with zero attached hydrogens (tertiary/aromatic N) is 3. The van der Waals surface area contributed by atoms with Crippen molar-refractivity contribution >= 4 is 29.2 Å². The normalized spacial score (nSPS) is 11.5. The van der Waals surface area contributed by atoms with Crippen LogP contribution in [0, 0.1) is 0 Å². The summed E-state index contributed by atoms with van der Waals surface area (Å²) in [7, 11) is 3.98. The molecule has 8 heteroatoms. The van der Waals surface area contributed by atoms with Crippen LogP contribution in [0.15, 0.2) is 90.1 Å². The number of hydrogen-bond donors (Lipinski definition) is 2. The summed E-state index contributed by atoms with van der Waals surface area (Å²) in [6, 6.07) is 22.6. The standard InChI is InChI=1S/C28H29N5O2S/c1-32(2)17-10-16-29-28(35)24(30-27(34)21-11-5-3-6-12-21)19-22-20-33(23-13-7-4-8-14-23)31-26(22)25-15-9-18-36-25/h3-9,11-15,18-20H,10,16-17H2,1-2H3,(H,29,35)(H,30,34)/b24-19-. The van der Waals surface area contributed by atoms with Crippen molar-refractivity contribution in [3.05, 3.63) is 101 Å². The molecule has 4 rings (SSSR count). The van der Waals surface area contributed by atoms with Crippen molar-refractivity contribution in [2.75, 3.05) is 27.2 Å². The van der Waals surface area contributed by atoms with E-state index in [1.165, 1.54) is 0 Å². The first-order valence-electron chi connectivity index (χ1n) is 11.7. The highest BCUT2D eigenvalue weighted by atomic mass is 32.1. The molecule has 2 heterocycles. The number of benzene rings is 2. The van der Waals surface area contributed by atoms with E-state index in [0.29, 0.717) is 12.1 Å². The minimum atomic E-state index is -0.349. The van der Waals surface area contributed by atoms with Crippen molar-refractivity contribution in [3.8, 4) is 16.3 Å². The number of amides is 2. The molecule has 2 aromatic carbocycles. The maximum Gasteiger partial charge on any atom is 0.267 e. The molecule has 2 aromatic heterocycles. The van der Waals surface area contributed by atoms with Crippen LogP contribution in [0.3, 0.4) is 0 Å². The van der Waals surface area contributed by atoms with Gasteiger partial charge in [0.15, 0.2) is 0 Å². The number of nitrogens with one attached hydrogen (secondary N) is 2. The quantitative estimate of drug-likeness (QED) is 0.250. The number of para-hydroxylation sites is 1. The van der Waals surface area contributed by atoms with Crippen LogP contribution in [0.2, 0.25) is 0 Å². The summed E-state index contributed by atoms with van der Waals surface area (Å²) in [4.78, 5) is 29.2. The summed E-state index contributed by atoms with van der Waals surface area (Å²) in [6.45, 7) is 1.35. The van der Waals surface area contributed by atoms with Gasteiger partial charge in [0.2, 0.25) is 0 Å². The van der Waals surface area contributed by atoms with E-state index in [2.05, 4.69) is 15.5 Å². The molecule has 2 N–H and O–H groups in total. The lowest BCUT2D eigenvalue weighted by Crippen LogP contribution is -2.36. The van der Waals surface area contributed by atoms with Crippen LogP contribution in [0.1, 0.15) is 22.3 Å². The molecule has 0 fully saturated rings. The molecule has 0 bridgehead atoms. The van der Waals surface area contributed by atoms with E-state index in [-0.39, 0.29) is 17.5 Å². The van der Waals surface area contributed by atoms with E-state index in [4.69, 9.17) is 5.10 Å². The van der Waals surface area contributed by atoms with Gasteiger partial charge in [-0.1, -0.05) is 42.5 Å². The van der Waals surface area contributed by atoms with E-state index >= 15 is 0 Å². The summed E-state index contributed by atoms with van der Waals surface area (Å²) in [6.07, 6.45) is 4.37. The number of carbonyl (C=O) groups excluding carboxylic acids is 2. The molecule has 184 valence electrons. The van der Waals surface area contributed by atoms with Gasteiger partial charge in [-0.25, -0.2) is 4.68 Å². The third-order valence-corrected chi connectivity index (χ3v) is 6.29. The van der Waals surface area contributed by atoms with Crippen LogP contribution in [0.5, 0.6) is 0 Å². The molecule has 7 nitrogen and oxygen atoms in total. The molecular weight excluding hydrogens is 470 g/mol. The van der Waals surface area contributed by atoms with Crippen LogP contribution in [0.25, 0.3) is 22.3 Å². The molecule has 0 spiro atoms. The van der Waals surface area contributed by atoms with Gasteiger partial charge in [-0.2, -0.15) is 5.10 Å². The second kappa shape index (κ2) is 12.1. The summed E-state index contributed by atoms with van der Waals surface area (Å²) in [5.41, 5.74) is 3.01. The van der Waals surface area contributed by atoms with Gasteiger partial charge in [0.25, 0.3) is 11.8 Å². The SMILES string of the molecule is CN(C)CCCNC(=O)/C(=C/c1cn(-c2ccccc2)nc1-c1cccs1)NC(=O)c1ccccc1. The fourth-order valence-electron chi connectivity index (χ4n) is 3.60. The fourth-order valence-corrected chi connectivity index (χ4v) is 4.33. The van der Waals surface area contributed by atoms with Gasteiger partial charge >= 0.3 is 0 Å². The average Bonchev–Trinajstić information content (AvgIpc) is 3.57. The minimum Gasteiger partial charge on any atom is -0.351 e. The lowest BCUT2D eigenvalue weighted by atomic mass is 10.1. The van der Waals surface area contributed by atoms with Gasteiger partial charge < -0.3 is 15.5 Å². The number of carbonyl (C=O) groups is 2. The van der Waals surface area contributed by atoms with Crippen molar-refractivity contribution in [1.29, 1.82) is 0 Å². The molecule has 4 aromatic rings. The molecular formula is C28H29N5O2S. The molecule has 0 aliphatic carbocycles. The van der Waals surface area contributed by atoms with Gasteiger partial charge in [-0.3, -0.25) is 9.59 Å². The zero-order valence-electron chi connectivity index (χ0n) is 20.3. The van der Waals surface area contributed by atoms with Crippen molar-refractivity contribution in [3.63, 3.8) is 0 Å². The first-order valence-corrected chi connectivity index (χ1v) is 12.6. The number of thiophene rings is 1. The second-order valence-electron chi connectivity index (χ2n) is 8.48. The first-order chi connectivity index (χ1) is 17.5. The highest BCUT2D eigenvalue weighted by Crippen LogP contribution is 2.29. The van der Waals surface area contributed by atoms with Crippen LogP contribution < -0.4 is 10.6 Å². The number of hydrogen-bond acceptors (Lipinski definition) is 5. The highest BCUT2D eigenvalue weighted by Gasteiger charge is 2.18. The Kier molecular flexibility index (Phi) is 8.44. The van der Waals surface area contributed by atoms with Crippen LogP contribution in [0.4, 0.5) is 0 Å². The lowest BCUT2D eigenvalue weighted by molar-refractivity contribution is -0.117. The molecule has 2 amide bonds. The predicted molar refractivity (Wildman–Crippen MR) is 145 cm³/mol. The Balaban J connectivity index is 1.69. The monoisotopic (exact) mass is 499 g/mol. The Morgan fingerprint density at radius 1 is 1.00 bits per heavy atom. The number of rotatable bonds is 10. The zero-order chi connectivity index (χ0) is 25.3. The smallest absolute Gasteiger partial charge is 0.267 e. The minimum absolute atomic E-state index is 0.166. The molecule has 0 unspecified atom stereocenters. The zero-order valence-corrected chi connectivity index (χ0v) is 21.2. The lowest BCUT2D eigenvalue weighted by Gasteiger charge is -2.13. The Hall–Kier alpha value is -4.01. The van der Waals surface area contributed by atoms with Gasteiger partial charge in [0.05, 0.1) is 10.6 Å². The van der Waals surface area contributed by atoms with E-state index < -0.39 is 0 Å². The highest BCUT2D eigenvalue weighted by molar-refractivity contribution is 7.13. The summed E-state index contributed by atoms with van der Waals surface area (Å²) in [5, 5.41) is 12.5. The van der Waals surface area contributed by atoms with Gasteiger partial charge in [-0.15, -0.1) is 11.3 Å². The Morgan fingerprint density at radius 3 is 2.39 bits per heavy atom. The predicted octanol–water partition coefficient (Wildman–Crippen LogP) is 4.44. The third-order valence-electron chi connectivity index (χ3n) is 5.41. The summed E-state index contributed by atoms with van der Waals surface area (Å²) < 4.78 is 1.78. The Labute approximate surface area is 215 Å². The van der Waals surface area contributed by atoms with Crippen molar-refractivity contribution in [2.24, 2.45) is 0 Å². The molecule has 0 saturated carbocycles. The summed E-state index contributed by atoms with van der Waals surface area (Å²) in [5.74, 6) is -0.693. The average molecular weight is 500 g/mol. The van der Waals surface area contributed by atoms with Gasteiger partial charge in [-0.05, 0) is 68.8 Å². The molecule has 0 radical (unpaired) electrons. The number of aromatic nitrogens is 2. The van der Waals surface area contributed by atoms with Crippen molar-refractivity contribution < 1.29 is 9.59 Å². The maximum atomic E-state index is 13.2. The Bertz CT molecular complexity index is 1310. The molecule has 0 aliphatic rings. The van der Waals surface area contributed by atoms with Crippen LogP contribution >= 0.6 is 11.3 Å². The van der Waals surface area contributed by atoms with E-state index in [9.17, 15) is 9.59 Å². The van der Waals surface area contributed by atoms with Crippen LogP contribution in [-0.4, -0.2) is 53.7 Å². The molecule has 0 atom stereocenters. The Morgan fingerprint density at radius 2 is 1.72 bits per heavy atom. The topological polar surface area (TPSA) is 79.3 Å². The fraction of sp³-hybridized carbons (Fsp3) is 0.179. The van der Waals surface area contributed by atoms with Crippen LogP contribution in [-0.2, 0) is 4.79 Å². The third kappa shape index (κ3) is 6.56. The first kappa shape index (κ1) is 25.1. The largest absolute Gasteiger partial charge is 0.351 e. The van der Waals surface area contributed by atoms with E-state index in [0.717, 1.165) is 34.8 Å². The van der Waals surface area contributed by atoms with E-state index in [1.54, 1.807) is 46.4 Å². The molecule has 36 heavy (non-hydrogen) atoms. The summed E-state index contributed by atoms with van der Waals surface area (Å²) >= 11 is 1.57. The van der Waals surface area contributed by atoms with Crippen molar-refractivity contribution in [2.45, 2.75) is 6.42 Å².